The number of H-pyrrole nitrogens is 1. The van der Waals surface area contributed by atoms with Gasteiger partial charge in [0, 0.05) is 22.7 Å². The van der Waals surface area contributed by atoms with Gasteiger partial charge < -0.3 is 14.8 Å². The van der Waals surface area contributed by atoms with E-state index in [1.54, 1.807) is 24.4 Å². The maximum atomic E-state index is 11.2. The standard InChI is InChI=1S/C11H10ClNO3/c1-16-11(15)10(14)7-2-3-8-6(9(7)12)4-5-13-8/h2-5,10,13-14H,1H3. The zero-order valence-corrected chi connectivity index (χ0v) is 9.28. The second-order valence-electron chi connectivity index (χ2n) is 3.33. The van der Waals surface area contributed by atoms with Crippen molar-refractivity contribution in [2.24, 2.45) is 0 Å². The fraction of sp³-hybridized carbons (Fsp3) is 0.182. The molecular weight excluding hydrogens is 230 g/mol. The van der Waals surface area contributed by atoms with Crippen LogP contribution in [0.25, 0.3) is 10.9 Å². The van der Waals surface area contributed by atoms with Gasteiger partial charge in [-0.15, -0.1) is 0 Å². The minimum Gasteiger partial charge on any atom is -0.467 e. The molecule has 0 aliphatic heterocycles. The Hall–Kier alpha value is -1.52. The number of halogens is 1. The highest BCUT2D eigenvalue weighted by molar-refractivity contribution is 6.36. The molecule has 0 saturated carbocycles. The molecule has 1 aromatic heterocycles. The van der Waals surface area contributed by atoms with E-state index in [1.807, 2.05) is 0 Å². The summed E-state index contributed by atoms with van der Waals surface area (Å²) in [4.78, 5) is 14.2. The molecule has 16 heavy (non-hydrogen) atoms. The lowest BCUT2D eigenvalue weighted by atomic mass is 10.1. The lowest BCUT2D eigenvalue weighted by Crippen LogP contribution is -2.13. The molecule has 1 aromatic carbocycles. The zero-order valence-electron chi connectivity index (χ0n) is 8.53. The highest BCUT2D eigenvalue weighted by atomic mass is 35.5. The fourth-order valence-electron chi connectivity index (χ4n) is 1.56. The van der Waals surface area contributed by atoms with Crippen LogP contribution in [0.4, 0.5) is 0 Å². The van der Waals surface area contributed by atoms with Gasteiger partial charge in [0.2, 0.25) is 0 Å². The van der Waals surface area contributed by atoms with Crippen LogP contribution in [0.2, 0.25) is 5.02 Å². The molecule has 0 saturated heterocycles. The Kier molecular flexibility index (Phi) is 2.85. The first-order chi connectivity index (χ1) is 7.65. The molecule has 2 rings (SSSR count). The van der Waals surface area contributed by atoms with Gasteiger partial charge in [0.15, 0.2) is 6.10 Å². The lowest BCUT2D eigenvalue weighted by Gasteiger charge is -2.10. The number of aromatic nitrogens is 1. The van der Waals surface area contributed by atoms with Crippen LogP contribution in [0.5, 0.6) is 0 Å². The normalized spacial score (nSPS) is 12.7. The molecule has 0 bridgehead atoms. The Bertz CT molecular complexity index is 535. The number of aliphatic hydroxyl groups excluding tert-OH is 1. The Balaban J connectivity index is 2.52. The number of hydrogen-bond donors (Lipinski definition) is 2. The zero-order chi connectivity index (χ0) is 11.7. The smallest absolute Gasteiger partial charge is 0.339 e. The van der Waals surface area contributed by atoms with Crippen LogP contribution in [0.15, 0.2) is 24.4 Å². The highest BCUT2D eigenvalue weighted by Crippen LogP contribution is 2.31. The van der Waals surface area contributed by atoms with Gasteiger partial charge in [-0.2, -0.15) is 0 Å². The first-order valence-electron chi connectivity index (χ1n) is 4.66. The number of rotatable bonds is 2. The number of fused-ring (bicyclic) bond motifs is 1. The molecule has 0 aliphatic carbocycles. The number of nitrogens with one attached hydrogen (secondary N) is 1. The molecule has 0 fully saturated rings. The number of aromatic amines is 1. The van der Waals surface area contributed by atoms with Gasteiger partial charge in [-0.05, 0) is 12.1 Å². The summed E-state index contributed by atoms with van der Waals surface area (Å²) in [5, 5.41) is 10.8. The number of aliphatic hydroxyl groups is 1. The SMILES string of the molecule is COC(=O)C(O)c1ccc2[nH]ccc2c1Cl. The van der Waals surface area contributed by atoms with Crippen molar-refractivity contribution in [1.82, 2.24) is 4.98 Å². The van der Waals surface area contributed by atoms with E-state index >= 15 is 0 Å². The molecule has 1 unspecified atom stereocenters. The minimum absolute atomic E-state index is 0.348. The largest absolute Gasteiger partial charge is 0.467 e. The van der Waals surface area contributed by atoms with Crippen molar-refractivity contribution in [3.63, 3.8) is 0 Å². The van der Waals surface area contributed by atoms with Crippen LogP contribution < -0.4 is 0 Å². The molecular formula is C11H10ClNO3. The summed E-state index contributed by atoms with van der Waals surface area (Å²) in [5.41, 5.74) is 1.20. The van der Waals surface area contributed by atoms with Gasteiger partial charge in [0.1, 0.15) is 0 Å². The van der Waals surface area contributed by atoms with E-state index in [0.717, 1.165) is 10.9 Å². The van der Waals surface area contributed by atoms with Crippen molar-refractivity contribution in [3.05, 3.63) is 35.0 Å². The van der Waals surface area contributed by atoms with E-state index in [4.69, 9.17) is 11.6 Å². The van der Waals surface area contributed by atoms with Gasteiger partial charge in [-0.3, -0.25) is 0 Å². The molecule has 0 aliphatic rings. The summed E-state index contributed by atoms with van der Waals surface area (Å²) in [5.74, 6) is -0.725. The van der Waals surface area contributed by atoms with Gasteiger partial charge in [0.05, 0.1) is 12.1 Å². The van der Waals surface area contributed by atoms with Crippen LogP contribution >= 0.6 is 11.6 Å². The summed E-state index contributed by atoms with van der Waals surface area (Å²) in [6.07, 6.45) is 0.391. The number of esters is 1. The Labute approximate surface area is 96.8 Å². The molecule has 0 radical (unpaired) electrons. The predicted molar refractivity (Wildman–Crippen MR) is 60.3 cm³/mol. The Morgan fingerprint density at radius 1 is 1.50 bits per heavy atom. The maximum absolute atomic E-state index is 11.2. The Morgan fingerprint density at radius 2 is 2.25 bits per heavy atom. The summed E-state index contributed by atoms with van der Waals surface area (Å²) in [6.45, 7) is 0. The van der Waals surface area contributed by atoms with Crippen molar-refractivity contribution in [2.75, 3.05) is 7.11 Å². The highest BCUT2D eigenvalue weighted by Gasteiger charge is 2.21. The molecule has 1 heterocycles. The van der Waals surface area contributed by atoms with Crippen molar-refractivity contribution < 1.29 is 14.6 Å². The molecule has 84 valence electrons. The number of carbonyl (C=O) groups excluding carboxylic acids is 1. The lowest BCUT2D eigenvalue weighted by molar-refractivity contribution is -0.150. The van der Waals surface area contributed by atoms with Crippen LogP contribution in [0, 0.1) is 0 Å². The second-order valence-corrected chi connectivity index (χ2v) is 3.71. The van der Waals surface area contributed by atoms with Crippen molar-refractivity contribution in [3.8, 4) is 0 Å². The first kappa shape index (κ1) is 11.0. The van der Waals surface area contributed by atoms with Gasteiger partial charge in [-0.1, -0.05) is 17.7 Å². The third-order valence-electron chi connectivity index (χ3n) is 2.42. The minimum atomic E-state index is -1.35. The number of methoxy groups -OCH3 is 1. The predicted octanol–water partition coefficient (Wildman–Crippen LogP) is 2.03. The van der Waals surface area contributed by atoms with Crippen LogP contribution in [-0.2, 0) is 9.53 Å². The van der Waals surface area contributed by atoms with E-state index < -0.39 is 12.1 Å². The number of hydrogen-bond acceptors (Lipinski definition) is 3. The van der Waals surface area contributed by atoms with Crippen LogP contribution in [0.3, 0.4) is 0 Å². The fourth-order valence-corrected chi connectivity index (χ4v) is 1.89. The number of benzene rings is 1. The topological polar surface area (TPSA) is 62.3 Å². The average Bonchev–Trinajstić information content (AvgIpc) is 2.76. The van der Waals surface area contributed by atoms with Crippen molar-refractivity contribution in [1.29, 1.82) is 0 Å². The van der Waals surface area contributed by atoms with Gasteiger partial charge in [0.25, 0.3) is 0 Å². The summed E-state index contributed by atoms with van der Waals surface area (Å²) >= 11 is 6.09. The number of ether oxygens (including phenoxy) is 1. The second kappa shape index (κ2) is 4.15. The van der Waals surface area contributed by atoms with E-state index in [9.17, 15) is 9.90 Å². The van der Waals surface area contributed by atoms with Crippen LogP contribution in [-0.4, -0.2) is 23.2 Å². The van der Waals surface area contributed by atoms with E-state index in [1.165, 1.54) is 7.11 Å². The van der Waals surface area contributed by atoms with Crippen molar-refractivity contribution in [2.45, 2.75) is 6.10 Å². The number of carbonyl (C=O) groups is 1. The van der Waals surface area contributed by atoms with Gasteiger partial charge in [-0.25, -0.2) is 4.79 Å². The summed E-state index contributed by atoms with van der Waals surface area (Å²) < 4.78 is 4.46. The monoisotopic (exact) mass is 239 g/mol. The van der Waals surface area contributed by atoms with Gasteiger partial charge >= 0.3 is 5.97 Å². The van der Waals surface area contributed by atoms with Crippen molar-refractivity contribution >= 4 is 28.5 Å². The third-order valence-corrected chi connectivity index (χ3v) is 2.84. The molecule has 0 spiro atoms. The van der Waals surface area contributed by atoms with E-state index in [0.29, 0.717) is 10.6 Å². The molecule has 2 N–H and O–H groups in total. The molecule has 2 aromatic rings. The molecule has 4 nitrogen and oxygen atoms in total. The Morgan fingerprint density at radius 3 is 2.94 bits per heavy atom. The molecule has 5 heteroatoms. The first-order valence-corrected chi connectivity index (χ1v) is 5.04. The average molecular weight is 240 g/mol. The van der Waals surface area contributed by atoms with E-state index in [2.05, 4.69) is 9.72 Å². The van der Waals surface area contributed by atoms with E-state index in [-0.39, 0.29) is 0 Å². The maximum Gasteiger partial charge on any atom is 0.339 e. The summed E-state index contributed by atoms with van der Waals surface area (Å²) in [6, 6.07) is 5.14. The quantitative estimate of drug-likeness (QED) is 0.789. The van der Waals surface area contributed by atoms with Crippen LogP contribution in [0.1, 0.15) is 11.7 Å². The molecule has 1 atom stereocenters. The third kappa shape index (κ3) is 1.66. The molecule has 0 amide bonds. The summed E-state index contributed by atoms with van der Waals surface area (Å²) in [7, 11) is 1.22.